The summed E-state index contributed by atoms with van der Waals surface area (Å²) in [7, 11) is 1.73. The van der Waals surface area contributed by atoms with Crippen molar-refractivity contribution in [2.45, 2.75) is 13.5 Å². The maximum absolute atomic E-state index is 12.9. The topological polar surface area (TPSA) is 56.0 Å². The van der Waals surface area contributed by atoms with Gasteiger partial charge in [0.15, 0.2) is 0 Å². The number of pyridine rings is 1. The third kappa shape index (κ3) is 2.63. The second-order valence-electron chi connectivity index (χ2n) is 5.26. The van der Waals surface area contributed by atoms with Gasteiger partial charge in [-0.2, -0.15) is 0 Å². The third-order valence-corrected chi connectivity index (χ3v) is 3.86. The standard InChI is InChI=1S/C17H16FN3O2/c1-3-21-9-8-14-13(17(21)23)10-15(20(14)2)16(22)19-12-6-4-11(18)5-7-12/h4-10H,3H2,1-2H3,(H,19,22). The molecule has 3 rings (SSSR count). The number of rotatable bonds is 3. The van der Waals surface area contributed by atoms with Gasteiger partial charge in [0.2, 0.25) is 0 Å². The van der Waals surface area contributed by atoms with E-state index < -0.39 is 0 Å². The van der Waals surface area contributed by atoms with Crippen molar-refractivity contribution in [2.75, 3.05) is 5.32 Å². The van der Waals surface area contributed by atoms with Gasteiger partial charge < -0.3 is 14.5 Å². The van der Waals surface area contributed by atoms with Crippen LogP contribution in [0.3, 0.4) is 0 Å². The van der Waals surface area contributed by atoms with Crippen molar-refractivity contribution in [1.29, 1.82) is 0 Å². The number of carbonyl (C=O) groups excluding carboxylic acids is 1. The molecule has 0 saturated heterocycles. The molecule has 1 aromatic carbocycles. The molecule has 0 unspecified atom stereocenters. The Morgan fingerprint density at radius 3 is 2.57 bits per heavy atom. The fraction of sp³-hybridized carbons (Fsp3) is 0.176. The van der Waals surface area contributed by atoms with Gasteiger partial charge in [0.1, 0.15) is 11.5 Å². The molecule has 2 heterocycles. The van der Waals surface area contributed by atoms with Gasteiger partial charge in [0.05, 0.1) is 10.9 Å². The number of amides is 1. The smallest absolute Gasteiger partial charge is 0.272 e. The van der Waals surface area contributed by atoms with Crippen LogP contribution < -0.4 is 10.9 Å². The molecular weight excluding hydrogens is 297 g/mol. The number of halogens is 1. The third-order valence-electron chi connectivity index (χ3n) is 3.86. The summed E-state index contributed by atoms with van der Waals surface area (Å²) in [6, 6.07) is 8.92. The summed E-state index contributed by atoms with van der Waals surface area (Å²) >= 11 is 0. The van der Waals surface area contributed by atoms with E-state index in [2.05, 4.69) is 5.32 Å². The summed E-state index contributed by atoms with van der Waals surface area (Å²) in [6.07, 6.45) is 1.71. The maximum Gasteiger partial charge on any atom is 0.272 e. The first-order valence-corrected chi connectivity index (χ1v) is 7.27. The molecule has 0 saturated carbocycles. The molecule has 1 amide bonds. The van der Waals surface area contributed by atoms with Gasteiger partial charge in [-0.3, -0.25) is 9.59 Å². The molecule has 3 aromatic rings. The zero-order chi connectivity index (χ0) is 16.6. The van der Waals surface area contributed by atoms with Crippen molar-refractivity contribution in [3.63, 3.8) is 0 Å². The number of anilines is 1. The van der Waals surface area contributed by atoms with Gasteiger partial charge >= 0.3 is 0 Å². The molecule has 0 atom stereocenters. The lowest BCUT2D eigenvalue weighted by Gasteiger charge is -2.06. The maximum atomic E-state index is 12.9. The van der Waals surface area contributed by atoms with Crippen LogP contribution in [0.1, 0.15) is 17.4 Å². The summed E-state index contributed by atoms with van der Waals surface area (Å²) in [5.74, 6) is -0.717. The number of aryl methyl sites for hydroxylation is 2. The summed E-state index contributed by atoms with van der Waals surface area (Å²) in [5.41, 5.74) is 1.44. The number of nitrogens with one attached hydrogen (secondary N) is 1. The average Bonchev–Trinajstić information content (AvgIpc) is 2.88. The summed E-state index contributed by atoms with van der Waals surface area (Å²) in [4.78, 5) is 24.7. The van der Waals surface area contributed by atoms with Crippen LogP contribution in [0.5, 0.6) is 0 Å². The first kappa shape index (κ1) is 15.0. The Bertz CT molecular complexity index is 939. The summed E-state index contributed by atoms with van der Waals surface area (Å²) in [5, 5.41) is 3.20. The minimum Gasteiger partial charge on any atom is -0.339 e. The molecule has 23 heavy (non-hydrogen) atoms. The number of benzene rings is 1. The molecule has 0 aliphatic rings. The summed E-state index contributed by atoms with van der Waals surface area (Å²) < 4.78 is 16.2. The van der Waals surface area contributed by atoms with Crippen LogP contribution in [0, 0.1) is 5.82 Å². The number of nitrogens with zero attached hydrogens (tertiary/aromatic N) is 2. The molecule has 0 aliphatic carbocycles. The van der Waals surface area contributed by atoms with Crippen LogP contribution in [0.2, 0.25) is 0 Å². The average molecular weight is 313 g/mol. The second-order valence-corrected chi connectivity index (χ2v) is 5.26. The van der Waals surface area contributed by atoms with E-state index >= 15 is 0 Å². The van der Waals surface area contributed by atoms with Crippen LogP contribution >= 0.6 is 0 Å². The van der Waals surface area contributed by atoms with E-state index in [0.717, 1.165) is 0 Å². The molecule has 0 radical (unpaired) electrons. The monoisotopic (exact) mass is 313 g/mol. The predicted molar refractivity (Wildman–Crippen MR) is 87.2 cm³/mol. The van der Waals surface area contributed by atoms with Crippen molar-refractivity contribution >= 4 is 22.5 Å². The van der Waals surface area contributed by atoms with Crippen LogP contribution in [0.25, 0.3) is 10.9 Å². The summed E-state index contributed by atoms with van der Waals surface area (Å²) in [6.45, 7) is 2.46. The van der Waals surface area contributed by atoms with E-state index in [1.807, 2.05) is 13.0 Å². The van der Waals surface area contributed by atoms with Crippen molar-refractivity contribution in [3.8, 4) is 0 Å². The Morgan fingerprint density at radius 2 is 1.91 bits per heavy atom. The van der Waals surface area contributed by atoms with Gasteiger partial charge in [-0.25, -0.2) is 4.39 Å². The number of fused-ring (bicyclic) bond motifs is 1. The molecule has 0 spiro atoms. The number of aromatic nitrogens is 2. The van der Waals surface area contributed by atoms with Crippen LogP contribution in [0.4, 0.5) is 10.1 Å². The fourth-order valence-corrected chi connectivity index (χ4v) is 2.57. The lowest BCUT2D eigenvalue weighted by Crippen LogP contribution is -2.17. The highest BCUT2D eigenvalue weighted by molar-refractivity contribution is 6.06. The Hall–Kier alpha value is -2.89. The number of carbonyl (C=O) groups is 1. The molecule has 0 bridgehead atoms. The van der Waals surface area contributed by atoms with E-state index in [1.165, 1.54) is 24.3 Å². The highest BCUT2D eigenvalue weighted by Crippen LogP contribution is 2.17. The lowest BCUT2D eigenvalue weighted by atomic mass is 10.3. The quantitative estimate of drug-likeness (QED) is 0.808. The van der Waals surface area contributed by atoms with E-state index in [0.29, 0.717) is 28.8 Å². The first-order chi connectivity index (χ1) is 11.0. The molecule has 6 heteroatoms. The highest BCUT2D eigenvalue weighted by Gasteiger charge is 2.16. The lowest BCUT2D eigenvalue weighted by molar-refractivity contribution is 0.101. The predicted octanol–water partition coefficient (Wildman–Crippen LogP) is 2.75. The Kier molecular flexibility index (Phi) is 3.73. The minimum atomic E-state index is -0.368. The van der Waals surface area contributed by atoms with E-state index in [4.69, 9.17) is 0 Å². The van der Waals surface area contributed by atoms with E-state index in [-0.39, 0.29) is 17.3 Å². The Balaban J connectivity index is 2.00. The molecule has 118 valence electrons. The van der Waals surface area contributed by atoms with Gasteiger partial charge in [0.25, 0.3) is 11.5 Å². The van der Waals surface area contributed by atoms with E-state index in [9.17, 15) is 14.0 Å². The van der Waals surface area contributed by atoms with Crippen molar-refractivity contribution in [2.24, 2.45) is 7.05 Å². The Morgan fingerprint density at radius 1 is 1.22 bits per heavy atom. The van der Waals surface area contributed by atoms with Crippen LogP contribution in [-0.4, -0.2) is 15.0 Å². The van der Waals surface area contributed by atoms with Crippen LogP contribution in [0.15, 0.2) is 47.4 Å². The molecule has 2 aromatic heterocycles. The largest absolute Gasteiger partial charge is 0.339 e. The zero-order valence-electron chi connectivity index (χ0n) is 12.8. The molecule has 0 fully saturated rings. The highest BCUT2D eigenvalue weighted by atomic mass is 19.1. The van der Waals surface area contributed by atoms with Gasteiger partial charge in [-0.05, 0) is 43.3 Å². The van der Waals surface area contributed by atoms with Crippen LogP contribution in [-0.2, 0) is 13.6 Å². The normalized spacial score (nSPS) is 10.9. The van der Waals surface area contributed by atoms with Crippen molar-refractivity contribution in [1.82, 2.24) is 9.13 Å². The minimum absolute atomic E-state index is 0.124. The van der Waals surface area contributed by atoms with Gasteiger partial charge in [-0.1, -0.05) is 0 Å². The fourth-order valence-electron chi connectivity index (χ4n) is 2.57. The van der Waals surface area contributed by atoms with Crippen molar-refractivity contribution in [3.05, 3.63) is 64.5 Å². The number of hydrogen-bond donors (Lipinski definition) is 1. The number of hydrogen-bond acceptors (Lipinski definition) is 2. The van der Waals surface area contributed by atoms with Gasteiger partial charge in [-0.15, -0.1) is 0 Å². The molecule has 0 aliphatic heterocycles. The first-order valence-electron chi connectivity index (χ1n) is 7.27. The molecule has 5 nitrogen and oxygen atoms in total. The Labute approximate surface area is 132 Å². The van der Waals surface area contributed by atoms with Crippen molar-refractivity contribution < 1.29 is 9.18 Å². The SMILES string of the molecule is CCn1ccc2c(cc(C(=O)Nc3ccc(F)cc3)n2C)c1=O. The second kappa shape index (κ2) is 5.72. The molecule has 1 N–H and O–H groups in total. The van der Waals surface area contributed by atoms with Gasteiger partial charge in [0, 0.05) is 25.5 Å². The molecular formula is C17H16FN3O2. The zero-order valence-corrected chi connectivity index (χ0v) is 12.8. The van der Waals surface area contributed by atoms with E-state index in [1.54, 1.807) is 28.4 Å².